The van der Waals surface area contributed by atoms with Crippen LogP contribution in [0.5, 0.6) is 0 Å². The second kappa shape index (κ2) is 8.57. The van der Waals surface area contributed by atoms with Crippen LogP contribution >= 0.6 is 11.6 Å². The predicted octanol–water partition coefficient (Wildman–Crippen LogP) is 2.77. The number of carbonyl (C=O) groups excluding carboxylic acids is 1. The number of hydrogen-bond donors (Lipinski definition) is 0. The van der Waals surface area contributed by atoms with Gasteiger partial charge in [0.15, 0.2) is 0 Å². The van der Waals surface area contributed by atoms with Crippen LogP contribution in [0.1, 0.15) is 15.9 Å². The lowest BCUT2D eigenvalue weighted by Gasteiger charge is -2.26. The van der Waals surface area contributed by atoms with Crippen molar-refractivity contribution < 1.29 is 22.3 Å². The molecule has 0 N–H and O–H groups in total. The maximum absolute atomic E-state index is 13.0. The van der Waals surface area contributed by atoms with Gasteiger partial charge in [-0.05, 0) is 35.9 Å². The number of morpholine rings is 1. The molecule has 0 radical (unpaired) electrons. The number of halogens is 2. The summed E-state index contributed by atoms with van der Waals surface area (Å²) in [5.41, 5.74) is 0.839. The van der Waals surface area contributed by atoms with E-state index in [0.717, 1.165) is 5.56 Å². The Bertz CT molecular complexity index is 960. The average molecular weight is 427 g/mol. The molecule has 2 aromatic carbocycles. The fourth-order valence-electron chi connectivity index (χ4n) is 2.91. The molecule has 28 heavy (non-hydrogen) atoms. The van der Waals surface area contributed by atoms with E-state index in [2.05, 4.69) is 0 Å². The lowest BCUT2D eigenvalue weighted by molar-refractivity contribution is 0.0730. The van der Waals surface area contributed by atoms with Gasteiger partial charge in [0, 0.05) is 26.7 Å². The Kier molecular flexibility index (Phi) is 6.34. The number of benzene rings is 2. The first kappa shape index (κ1) is 20.7. The van der Waals surface area contributed by atoms with Gasteiger partial charge >= 0.3 is 0 Å². The van der Waals surface area contributed by atoms with Crippen LogP contribution < -0.4 is 0 Å². The van der Waals surface area contributed by atoms with Crippen molar-refractivity contribution in [3.8, 4) is 0 Å². The number of sulfonamides is 1. The molecule has 1 fully saturated rings. The van der Waals surface area contributed by atoms with E-state index in [1.54, 1.807) is 19.2 Å². The minimum Gasteiger partial charge on any atom is -0.379 e. The van der Waals surface area contributed by atoms with Crippen LogP contribution in [-0.2, 0) is 21.3 Å². The van der Waals surface area contributed by atoms with E-state index in [1.165, 1.54) is 39.5 Å². The second-order valence-corrected chi connectivity index (χ2v) is 8.79. The zero-order valence-corrected chi connectivity index (χ0v) is 16.8. The zero-order chi connectivity index (χ0) is 20.3. The highest BCUT2D eigenvalue weighted by molar-refractivity contribution is 7.89. The number of amides is 1. The highest BCUT2D eigenvalue weighted by Crippen LogP contribution is 2.25. The molecule has 150 valence electrons. The van der Waals surface area contributed by atoms with Gasteiger partial charge in [0.25, 0.3) is 5.91 Å². The average Bonchev–Trinajstić information content (AvgIpc) is 2.70. The largest absolute Gasteiger partial charge is 0.379 e. The molecule has 1 aliphatic heterocycles. The number of rotatable bonds is 5. The molecule has 0 unspecified atom stereocenters. The highest BCUT2D eigenvalue weighted by atomic mass is 35.5. The smallest absolute Gasteiger partial charge is 0.255 e. The van der Waals surface area contributed by atoms with Crippen LogP contribution in [0.3, 0.4) is 0 Å². The first-order valence-electron chi connectivity index (χ1n) is 8.66. The second-order valence-electron chi connectivity index (χ2n) is 6.45. The third-order valence-electron chi connectivity index (χ3n) is 4.46. The van der Waals surface area contributed by atoms with Gasteiger partial charge in [-0.3, -0.25) is 4.79 Å². The Morgan fingerprint density at radius 3 is 2.46 bits per heavy atom. The molecule has 6 nitrogen and oxygen atoms in total. The van der Waals surface area contributed by atoms with E-state index in [0.29, 0.717) is 13.2 Å². The van der Waals surface area contributed by atoms with Crippen LogP contribution in [0.4, 0.5) is 4.39 Å². The Morgan fingerprint density at radius 1 is 1.18 bits per heavy atom. The number of ether oxygens (including phenoxy) is 1. The van der Waals surface area contributed by atoms with Gasteiger partial charge < -0.3 is 9.64 Å². The van der Waals surface area contributed by atoms with E-state index < -0.39 is 15.9 Å². The molecule has 2 aromatic rings. The highest BCUT2D eigenvalue weighted by Gasteiger charge is 2.28. The Labute approximate surface area is 168 Å². The Balaban J connectivity index is 1.84. The maximum Gasteiger partial charge on any atom is 0.255 e. The summed E-state index contributed by atoms with van der Waals surface area (Å²) in [4.78, 5) is 14.2. The Morgan fingerprint density at radius 2 is 1.82 bits per heavy atom. The van der Waals surface area contributed by atoms with Crippen molar-refractivity contribution in [3.63, 3.8) is 0 Å². The Hall–Kier alpha value is -2.00. The molecule has 0 spiro atoms. The summed E-state index contributed by atoms with van der Waals surface area (Å²) in [6, 6.07) is 9.90. The number of nitrogens with zero attached hydrogens (tertiary/aromatic N) is 2. The SMILES string of the molecule is CN(Cc1ccc(F)cc1)C(=O)c1cc(S(=O)(=O)N2CCOCC2)ccc1Cl. The summed E-state index contributed by atoms with van der Waals surface area (Å²) in [6.07, 6.45) is 0. The van der Waals surface area contributed by atoms with Gasteiger partial charge in [-0.15, -0.1) is 0 Å². The van der Waals surface area contributed by atoms with Crippen molar-refractivity contribution >= 4 is 27.5 Å². The lowest BCUT2D eigenvalue weighted by atomic mass is 10.1. The molecule has 1 aliphatic rings. The lowest BCUT2D eigenvalue weighted by Crippen LogP contribution is -2.40. The molecule has 0 aromatic heterocycles. The van der Waals surface area contributed by atoms with Crippen molar-refractivity contribution in [3.05, 3.63) is 64.4 Å². The van der Waals surface area contributed by atoms with Crippen LogP contribution in [0.15, 0.2) is 47.4 Å². The first-order chi connectivity index (χ1) is 13.3. The predicted molar refractivity (Wildman–Crippen MR) is 103 cm³/mol. The van der Waals surface area contributed by atoms with E-state index in [4.69, 9.17) is 16.3 Å². The third kappa shape index (κ3) is 4.52. The normalized spacial score (nSPS) is 15.4. The summed E-state index contributed by atoms with van der Waals surface area (Å²) in [5.74, 6) is -0.782. The van der Waals surface area contributed by atoms with Crippen molar-refractivity contribution in [1.29, 1.82) is 0 Å². The fourth-order valence-corrected chi connectivity index (χ4v) is 4.54. The standard InChI is InChI=1S/C19H20ClFN2O4S/c1-22(13-14-2-4-15(21)5-3-14)19(24)17-12-16(6-7-18(17)20)28(25,26)23-8-10-27-11-9-23/h2-7,12H,8-11,13H2,1H3. The van der Waals surface area contributed by atoms with Gasteiger partial charge in [-0.2, -0.15) is 4.31 Å². The molecular formula is C19H20ClFN2O4S. The van der Waals surface area contributed by atoms with E-state index in [9.17, 15) is 17.6 Å². The summed E-state index contributed by atoms with van der Waals surface area (Å²) >= 11 is 6.17. The zero-order valence-electron chi connectivity index (χ0n) is 15.3. The van der Waals surface area contributed by atoms with Crippen molar-refractivity contribution in [2.75, 3.05) is 33.4 Å². The van der Waals surface area contributed by atoms with E-state index >= 15 is 0 Å². The topological polar surface area (TPSA) is 66.9 Å². The minimum absolute atomic E-state index is 0.0114. The fraction of sp³-hybridized carbons (Fsp3) is 0.316. The molecule has 0 bridgehead atoms. The van der Waals surface area contributed by atoms with Gasteiger partial charge in [-0.25, -0.2) is 12.8 Å². The van der Waals surface area contributed by atoms with Crippen LogP contribution in [-0.4, -0.2) is 56.9 Å². The summed E-state index contributed by atoms with van der Waals surface area (Å²) in [6.45, 7) is 1.42. The van der Waals surface area contributed by atoms with Crippen molar-refractivity contribution in [2.24, 2.45) is 0 Å². The molecule has 1 saturated heterocycles. The monoisotopic (exact) mass is 426 g/mol. The van der Waals surface area contributed by atoms with Crippen LogP contribution in [0.25, 0.3) is 0 Å². The summed E-state index contributed by atoms with van der Waals surface area (Å²) in [5, 5.41) is 0.164. The molecule has 3 rings (SSSR count). The van der Waals surface area contributed by atoms with E-state index in [-0.39, 0.29) is 40.9 Å². The van der Waals surface area contributed by atoms with Gasteiger partial charge in [0.05, 0.1) is 28.7 Å². The maximum atomic E-state index is 13.0. The third-order valence-corrected chi connectivity index (χ3v) is 6.68. The molecule has 9 heteroatoms. The van der Waals surface area contributed by atoms with E-state index in [1.807, 2.05) is 0 Å². The molecule has 0 saturated carbocycles. The number of carbonyl (C=O) groups is 1. The first-order valence-corrected chi connectivity index (χ1v) is 10.5. The van der Waals surface area contributed by atoms with Crippen LogP contribution in [0.2, 0.25) is 5.02 Å². The molecule has 0 aliphatic carbocycles. The van der Waals surface area contributed by atoms with Gasteiger partial charge in [0.1, 0.15) is 5.82 Å². The quantitative estimate of drug-likeness (QED) is 0.737. The molecule has 0 atom stereocenters. The molecule has 1 amide bonds. The van der Waals surface area contributed by atoms with Gasteiger partial charge in [0.2, 0.25) is 10.0 Å². The molecular weight excluding hydrogens is 407 g/mol. The molecule has 1 heterocycles. The summed E-state index contributed by atoms with van der Waals surface area (Å²) < 4.78 is 45.2. The van der Waals surface area contributed by atoms with Crippen LogP contribution in [0, 0.1) is 5.82 Å². The van der Waals surface area contributed by atoms with Crippen molar-refractivity contribution in [1.82, 2.24) is 9.21 Å². The minimum atomic E-state index is -3.74. The number of hydrogen-bond acceptors (Lipinski definition) is 4. The summed E-state index contributed by atoms with van der Waals surface area (Å²) in [7, 11) is -2.17. The van der Waals surface area contributed by atoms with Crippen molar-refractivity contribution in [2.45, 2.75) is 11.4 Å². The van der Waals surface area contributed by atoms with Gasteiger partial charge in [-0.1, -0.05) is 23.7 Å².